The molecule has 230 valence electrons. The number of hydrogen-bond donors (Lipinski definition) is 0. The van der Waals surface area contributed by atoms with Crippen molar-refractivity contribution < 1.29 is 8.83 Å². The van der Waals surface area contributed by atoms with Crippen molar-refractivity contribution >= 4 is 71.7 Å². The van der Waals surface area contributed by atoms with E-state index in [2.05, 4.69) is 169 Å². The van der Waals surface area contributed by atoms with Crippen molar-refractivity contribution in [2.75, 3.05) is 4.90 Å². The van der Waals surface area contributed by atoms with Gasteiger partial charge in [-0.1, -0.05) is 133 Å². The molecule has 0 radical (unpaired) electrons. The van der Waals surface area contributed by atoms with E-state index in [1.165, 1.54) is 5.56 Å². The highest BCUT2D eigenvalue weighted by Crippen LogP contribution is 2.48. The average molecular weight is 628 g/mol. The Morgan fingerprint density at radius 2 is 0.980 bits per heavy atom. The molecule has 0 unspecified atom stereocenters. The van der Waals surface area contributed by atoms with Gasteiger partial charge >= 0.3 is 0 Å². The van der Waals surface area contributed by atoms with Crippen LogP contribution >= 0.6 is 0 Å². The van der Waals surface area contributed by atoms with Crippen molar-refractivity contribution in [2.45, 2.75) is 0 Å². The summed E-state index contributed by atoms with van der Waals surface area (Å²) in [6.45, 7) is 0. The second-order valence-electron chi connectivity index (χ2n) is 12.5. The zero-order valence-electron chi connectivity index (χ0n) is 26.5. The van der Waals surface area contributed by atoms with Crippen LogP contribution in [0.15, 0.2) is 185 Å². The minimum Gasteiger partial charge on any atom is -0.455 e. The van der Waals surface area contributed by atoms with E-state index in [0.717, 1.165) is 88.4 Å². The molecule has 10 rings (SSSR count). The summed E-state index contributed by atoms with van der Waals surface area (Å²) in [5, 5.41) is 6.65. The lowest BCUT2D eigenvalue weighted by Crippen LogP contribution is -2.11. The van der Waals surface area contributed by atoms with E-state index in [-0.39, 0.29) is 0 Å². The Hall–Kier alpha value is -6.58. The Kier molecular flexibility index (Phi) is 6.18. The monoisotopic (exact) mass is 627 g/mol. The highest BCUT2D eigenvalue weighted by Gasteiger charge is 2.24. The summed E-state index contributed by atoms with van der Waals surface area (Å²) in [5.74, 6) is 0. The zero-order chi connectivity index (χ0) is 32.3. The topological polar surface area (TPSA) is 29.5 Å². The Balaban J connectivity index is 1.29. The molecule has 0 spiro atoms. The number of fused-ring (bicyclic) bond motifs is 8. The first-order chi connectivity index (χ1) is 24.3. The third-order valence-corrected chi connectivity index (χ3v) is 9.66. The van der Waals surface area contributed by atoms with Gasteiger partial charge in [0.05, 0.1) is 11.4 Å². The van der Waals surface area contributed by atoms with Gasteiger partial charge in [0.15, 0.2) is 5.58 Å². The molecule has 8 aromatic carbocycles. The predicted octanol–water partition coefficient (Wildman–Crippen LogP) is 13.4. The van der Waals surface area contributed by atoms with Gasteiger partial charge in [0, 0.05) is 44.2 Å². The molecule has 0 amide bonds. The van der Waals surface area contributed by atoms with Gasteiger partial charge in [-0.3, -0.25) is 0 Å². The van der Waals surface area contributed by atoms with Crippen molar-refractivity contribution in [1.82, 2.24) is 0 Å². The van der Waals surface area contributed by atoms with Crippen molar-refractivity contribution in [1.29, 1.82) is 0 Å². The first-order valence-electron chi connectivity index (χ1n) is 16.6. The zero-order valence-corrected chi connectivity index (χ0v) is 26.5. The van der Waals surface area contributed by atoms with Gasteiger partial charge in [-0.15, -0.1) is 0 Å². The smallest absolute Gasteiger partial charge is 0.159 e. The largest absolute Gasteiger partial charge is 0.455 e. The second-order valence-corrected chi connectivity index (χ2v) is 12.5. The molecule has 10 aromatic rings. The van der Waals surface area contributed by atoms with Crippen LogP contribution in [0.25, 0.3) is 76.9 Å². The van der Waals surface area contributed by atoms with Crippen LogP contribution in [0.4, 0.5) is 17.1 Å². The summed E-state index contributed by atoms with van der Waals surface area (Å²) >= 11 is 0. The average Bonchev–Trinajstić information content (AvgIpc) is 3.74. The Bertz CT molecular complexity index is 2810. The molecule has 0 fully saturated rings. The van der Waals surface area contributed by atoms with Gasteiger partial charge in [-0.25, -0.2) is 0 Å². The number of para-hydroxylation sites is 2. The van der Waals surface area contributed by atoms with Crippen molar-refractivity contribution in [3.63, 3.8) is 0 Å². The van der Waals surface area contributed by atoms with Crippen LogP contribution in [0.5, 0.6) is 0 Å². The third-order valence-electron chi connectivity index (χ3n) is 9.66. The van der Waals surface area contributed by atoms with Crippen LogP contribution in [0.3, 0.4) is 0 Å². The fraction of sp³-hybridized carbons (Fsp3) is 0. The second kappa shape index (κ2) is 11.0. The third kappa shape index (κ3) is 4.44. The van der Waals surface area contributed by atoms with Gasteiger partial charge in [0.1, 0.15) is 16.7 Å². The standard InChI is InChI=1S/C46H29NO2/c1-3-12-30(13-4-1)31-22-25-34(26-23-31)47(41-20-11-19-37-36-18-9-10-21-43(36)48-46(37)41)42-29-44-40(28-39(42)32-14-5-2-6-15-32)38-27-24-33-16-7-8-17-35(33)45(38)49-44/h1-29H. The van der Waals surface area contributed by atoms with Crippen LogP contribution < -0.4 is 4.90 Å². The number of furan rings is 2. The summed E-state index contributed by atoms with van der Waals surface area (Å²) in [4.78, 5) is 2.33. The first kappa shape index (κ1) is 27.5. The van der Waals surface area contributed by atoms with E-state index < -0.39 is 0 Å². The molecule has 3 nitrogen and oxygen atoms in total. The maximum absolute atomic E-state index is 6.78. The van der Waals surface area contributed by atoms with Gasteiger partial charge in [-0.2, -0.15) is 0 Å². The maximum atomic E-state index is 6.78. The van der Waals surface area contributed by atoms with Gasteiger partial charge in [-0.05, 0) is 58.5 Å². The van der Waals surface area contributed by atoms with E-state index in [0.29, 0.717) is 0 Å². The lowest BCUT2D eigenvalue weighted by molar-refractivity contribution is 0.668. The number of rotatable bonds is 5. The summed E-state index contributed by atoms with van der Waals surface area (Å²) in [6.07, 6.45) is 0. The number of anilines is 3. The Morgan fingerprint density at radius 3 is 1.80 bits per heavy atom. The van der Waals surface area contributed by atoms with E-state index in [4.69, 9.17) is 8.83 Å². The lowest BCUT2D eigenvalue weighted by atomic mass is 9.98. The van der Waals surface area contributed by atoms with Crippen molar-refractivity contribution in [3.8, 4) is 22.3 Å². The van der Waals surface area contributed by atoms with E-state index in [1.54, 1.807) is 0 Å². The van der Waals surface area contributed by atoms with Gasteiger partial charge < -0.3 is 13.7 Å². The fourth-order valence-corrected chi connectivity index (χ4v) is 7.32. The molecule has 2 heterocycles. The van der Waals surface area contributed by atoms with E-state index >= 15 is 0 Å². The van der Waals surface area contributed by atoms with Crippen LogP contribution in [0, 0.1) is 0 Å². The quantitative estimate of drug-likeness (QED) is 0.190. The van der Waals surface area contributed by atoms with E-state index in [9.17, 15) is 0 Å². The van der Waals surface area contributed by atoms with Crippen LogP contribution in [0.1, 0.15) is 0 Å². The van der Waals surface area contributed by atoms with Gasteiger partial charge in [0.25, 0.3) is 0 Å². The molecule has 0 saturated carbocycles. The summed E-state index contributed by atoms with van der Waals surface area (Å²) < 4.78 is 13.4. The minimum atomic E-state index is 0.837. The Morgan fingerprint density at radius 1 is 0.347 bits per heavy atom. The minimum absolute atomic E-state index is 0.837. The lowest BCUT2D eigenvalue weighted by Gasteiger charge is -2.28. The van der Waals surface area contributed by atoms with Crippen LogP contribution in [0.2, 0.25) is 0 Å². The molecule has 2 aromatic heterocycles. The molecule has 49 heavy (non-hydrogen) atoms. The predicted molar refractivity (Wildman–Crippen MR) is 204 cm³/mol. The van der Waals surface area contributed by atoms with Crippen LogP contribution in [-0.4, -0.2) is 0 Å². The molecule has 0 N–H and O–H groups in total. The first-order valence-corrected chi connectivity index (χ1v) is 16.6. The molecule has 0 aliphatic carbocycles. The molecular formula is C46H29NO2. The maximum Gasteiger partial charge on any atom is 0.159 e. The molecule has 0 aliphatic rings. The highest BCUT2D eigenvalue weighted by molar-refractivity contribution is 6.17. The molecular weight excluding hydrogens is 599 g/mol. The highest BCUT2D eigenvalue weighted by atomic mass is 16.3. The molecule has 0 saturated heterocycles. The SMILES string of the molecule is c1ccc(-c2ccc(N(c3cc4oc5c6ccccc6ccc5c4cc3-c3ccccc3)c3cccc4c3oc3ccccc34)cc2)cc1. The number of benzene rings is 8. The van der Waals surface area contributed by atoms with Crippen LogP contribution in [-0.2, 0) is 0 Å². The number of hydrogen-bond acceptors (Lipinski definition) is 3. The van der Waals surface area contributed by atoms with E-state index in [1.807, 2.05) is 12.1 Å². The Labute approximate surface area is 282 Å². The molecule has 0 bridgehead atoms. The summed E-state index contributed by atoms with van der Waals surface area (Å²) in [5.41, 5.74) is 11.0. The normalized spacial score (nSPS) is 11.7. The molecule has 0 atom stereocenters. The molecule has 3 heteroatoms. The van der Waals surface area contributed by atoms with Crippen molar-refractivity contribution in [2.24, 2.45) is 0 Å². The fourth-order valence-electron chi connectivity index (χ4n) is 7.32. The van der Waals surface area contributed by atoms with Gasteiger partial charge in [0.2, 0.25) is 0 Å². The summed E-state index contributed by atoms with van der Waals surface area (Å²) in [7, 11) is 0. The molecule has 0 aliphatic heterocycles. The number of nitrogens with zero attached hydrogens (tertiary/aromatic N) is 1. The van der Waals surface area contributed by atoms with Crippen molar-refractivity contribution in [3.05, 3.63) is 176 Å². The summed E-state index contributed by atoms with van der Waals surface area (Å²) in [6, 6.07) is 61.9.